The van der Waals surface area contributed by atoms with Gasteiger partial charge in [-0.2, -0.15) is 0 Å². The molecule has 0 aliphatic carbocycles. The van der Waals surface area contributed by atoms with Crippen molar-refractivity contribution in [1.29, 1.82) is 0 Å². The minimum atomic E-state index is -2.55. The number of aromatic nitrogens is 3. The van der Waals surface area contributed by atoms with Gasteiger partial charge in [0.05, 0.1) is 11.0 Å². The van der Waals surface area contributed by atoms with E-state index in [4.69, 9.17) is 17.9 Å². The second kappa shape index (κ2) is 9.65. The van der Waals surface area contributed by atoms with Crippen LogP contribution in [-0.2, 0) is 5.41 Å². The molecule has 0 saturated carbocycles. The second-order valence-electron chi connectivity index (χ2n) is 10.5. The average molecular weight is 583 g/mol. The van der Waals surface area contributed by atoms with Gasteiger partial charge in [0.1, 0.15) is 21.9 Å². The van der Waals surface area contributed by atoms with Gasteiger partial charge < -0.3 is 4.74 Å². The second-order valence-corrected chi connectivity index (χ2v) is 11.4. The Morgan fingerprint density at radius 1 is 0.769 bits per heavy atom. The lowest BCUT2D eigenvalue weighted by atomic mass is 9.83. The fourth-order valence-corrected chi connectivity index (χ4v) is 5.27. The van der Waals surface area contributed by atoms with Crippen LogP contribution >= 0.6 is 15.9 Å². The number of halogens is 1. The summed E-state index contributed by atoms with van der Waals surface area (Å²) in [5.41, 5.74) is 2.53. The molecule has 39 heavy (non-hydrogen) atoms. The number of ether oxygens (including phenoxy) is 1. The van der Waals surface area contributed by atoms with Crippen molar-refractivity contribution in [1.82, 2.24) is 14.5 Å². The number of aryl methyl sites for hydroxylation is 2. The molecule has 6 aromatic rings. The Labute approximate surface area is 245 Å². The van der Waals surface area contributed by atoms with E-state index in [1.54, 1.807) is 48.8 Å². The normalized spacial score (nSPS) is 14.8. The van der Waals surface area contributed by atoms with Crippen LogP contribution in [0.2, 0.25) is 0 Å². The number of hydrogen-bond donors (Lipinski definition) is 0. The number of fused-ring (bicyclic) bond motifs is 3. The average Bonchev–Trinajstić information content (AvgIpc) is 3.29. The molecule has 0 amide bonds. The standard InChI is InChI=1S/C34H30BrN3O/c1-21-16-24(34(3,4)5)17-22(2)33(21)23-12-14-37-32(18-23)38-29-9-7-6-8-27(29)28-11-10-25(19-30(28)38)39-26-13-15-36-31(35)20-26/h6-20H,1-5H3/i1D3,2D3. The van der Waals surface area contributed by atoms with E-state index in [2.05, 4.69) is 20.9 Å². The molecule has 0 bridgehead atoms. The minimum Gasteiger partial charge on any atom is -0.457 e. The Balaban J connectivity index is 1.60. The summed E-state index contributed by atoms with van der Waals surface area (Å²) in [5.74, 6) is 1.73. The molecular formula is C34H30BrN3O. The van der Waals surface area contributed by atoms with Gasteiger partial charge in [0.2, 0.25) is 0 Å². The highest BCUT2D eigenvalue weighted by atomic mass is 79.9. The molecule has 4 nitrogen and oxygen atoms in total. The maximum Gasteiger partial charge on any atom is 0.138 e. The summed E-state index contributed by atoms with van der Waals surface area (Å²) in [7, 11) is 0. The van der Waals surface area contributed by atoms with E-state index in [1.165, 1.54) is 0 Å². The van der Waals surface area contributed by atoms with Crippen LogP contribution in [0.25, 0.3) is 38.8 Å². The monoisotopic (exact) mass is 581 g/mol. The van der Waals surface area contributed by atoms with Gasteiger partial charge >= 0.3 is 0 Å². The quantitative estimate of drug-likeness (QED) is 0.194. The topological polar surface area (TPSA) is 39.9 Å². The summed E-state index contributed by atoms with van der Waals surface area (Å²) < 4.78 is 59.3. The van der Waals surface area contributed by atoms with Crippen molar-refractivity contribution >= 4 is 37.7 Å². The van der Waals surface area contributed by atoms with Crippen molar-refractivity contribution < 1.29 is 13.0 Å². The van der Waals surface area contributed by atoms with Crippen LogP contribution < -0.4 is 4.74 Å². The summed E-state index contributed by atoms with van der Waals surface area (Å²) in [6, 6.07) is 24.0. The van der Waals surface area contributed by atoms with Gasteiger partial charge in [0, 0.05) is 43.5 Å². The lowest BCUT2D eigenvalue weighted by Crippen LogP contribution is -2.12. The summed E-state index contributed by atoms with van der Waals surface area (Å²) in [4.78, 5) is 8.86. The van der Waals surface area contributed by atoms with Crippen LogP contribution in [0, 0.1) is 13.7 Å². The molecule has 0 spiro atoms. The molecule has 0 atom stereocenters. The lowest BCUT2D eigenvalue weighted by Gasteiger charge is -2.22. The summed E-state index contributed by atoms with van der Waals surface area (Å²) in [5, 5.41) is 1.97. The van der Waals surface area contributed by atoms with E-state index in [0.717, 1.165) is 21.8 Å². The van der Waals surface area contributed by atoms with E-state index >= 15 is 0 Å². The van der Waals surface area contributed by atoms with Crippen LogP contribution in [0.5, 0.6) is 11.5 Å². The van der Waals surface area contributed by atoms with Gasteiger partial charge in [0.25, 0.3) is 0 Å². The molecule has 0 aliphatic rings. The lowest BCUT2D eigenvalue weighted by molar-refractivity contribution is 0.482. The largest absolute Gasteiger partial charge is 0.457 e. The molecule has 3 heterocycles. The molecular weight excluding hydrogens is 546 g/mol. The van der Waals surface area contributed by atoms with E-state index in [1.807, 2.05) is 67.8 Å². The van der Waals surface area contributed by atoms with Crippen LogP contribution in [0.3, 0.4) is 0 Å². The molecule has 0 unspecified atom stereocenters. The molecule has 3 aromatic carbocycles. The first-order chi connectivity index (χ1) is 21.1. The fourth-order valence-electron chi connectivity index (χ4n) is 4.93. The summed E-state index contributed by atoms with van der Waals surface area (Å²) in [6.45, 7) is 0.703. The Bertz CT molecular complexity index is 2040. The molecule has 0 radical (unpaired) electrons. The van der Waals surface area contributed by atoms with Crippen molar-refractivity contribution in [2.45, 2.75) is 39.9 Å². The molecule has 0 saturated heterocycles. The maximum absolute atomic E-state index is 8.41. The minimum absolute atomic E-state index is 0.000352. The van der Waals surface area contributed by atoms with Crippen LogP contribution in [0.1, 0.15) is 45.7 Å². The third kappa shape index (κ3) is 4.72. The van der Waals surface area contributed by atoms with Gasteiger partial charge in [-0.25, -0.2) is 9.97 Å². The number of nitrogens with zero attached hydrogens (tertiary/aromatic N) is 3. The molecule has 5 heteroatoms. The maximum atomic E-state index is 8.41. The number of benzene rings is 3. The third-order valence-electron chi connectivity index (χ3n) is 6.85. The summed E-state index contributed by atoms with van der Waals surface area (Å²) >= 11 is 3.38. The smallest absolute Gasteiger partial charge is 0.138 e. The molecule has 0 fully saturated rings. The van der Waals surface area contributed by atoms with Crippen molar-refractivity contribution in [2.24, 2.45) is 0 Å². The fraction of sp³-hybridized carbons (Fsp3) is 0.176. The van der Waals surface area contributed by atoms with E-state index < -0.39 is 19.1 Å². The number of pyridine rings is 2. The highest BCUT2D eigenvalue weighted by Crippen LogP contribution is 2.37. The Kier molecular flexibility index (Phi) is 4.74. The van der Waals surface area contributed by atoms with Crippen molar-refractivity contribution in [3.05, 3.63) is 113 Å². The first kappa shape index (κ1) is 19.2. The van der Waals surface area contributed by atoms with Crippen LogP contribution in [0.15, 0.2) is 95.9 Å². The first-order valence-electron chi connectivity index (χ1n) is 15.6. The predicted molar refractivity (Wildman–Crippen MR) is 164 cm³/mol. The van der Waals surface area contributed by atoms with E-state index in [9.17, 15) is 0 Å². The van der Waals surface area contributed by atoms with Crippen LogP contribution in [-0.4, -0.2) is 14.5 Å². The van der Waals surface area contributed by atoms with Gasteiger partial charge in [-0.15, -0.1) is 0 Å². The Morgan fingerprint density at radius 3 is 2.23 bits per heavy atom. The zero-order chi connectivity index (χ0) is 32.3. The third-order valence-corrected chi connectivity index (χ3v) is 7.28. The van der Waals surface area contributed by atoms with Gasteiger partial charge in [-0.05, 0) is 99.3 Å². The molecule has 6 rings (SSSR count). The Hall–Kier alpha value is -3.96. The predicted octanol–water partition coefficient (Wildman–Crippen LogP) is 9.71. The SMILES string of the molecule is [2H]C([2H])([2H])c1cc(C(C)(C)C)cc(C([2H])([2H])[2H])c1-c1ccnc(-n2c3ccccc3c3ccc(Oc4ccnc(Br)c4)cc32)c1. The molecule has 194 valence electrons. The Morgan fingerprint density at radius 2 is 1.49 bits per heavy atom. The highest BCUT2D eigenvalue weighted by Gasteiger charge is 2.19. The number of rotatable bonds is 4. The van der Waals surface area contributed by atoms with Crippen molar-refractivity contribution in [2.75, 3.05) is 0 Å². The molecule has 0 aliphatic heterocycles. The van der Waals surface area contributed by atoms with Gasteiger partial charge in [-0.3, -0.25) is 4.57 Å². The molecule has 0 N–H and O–H groups in total. The number of hydrogen-bond acceptors (Lipinski definition) is 3. The van der Waals surface area contributed by atoms with Crippen molar-refractivity contribution in [3.63, 3.8) is 0 Å². The number of para-hydroxylation sites is 1. The zero-order valence-electron chi connectivity index (χ0n) is 27.8. The van der Waals surface area contributed by atoms with E-state index in [0.29, 0.717) is 33.0 Å². The summed E-state index contributed by atoms with van der Waals surface area (Å²) in [6.07, 6.45) is 3.24. The van der Waals surface area contributed by atoms with Gasteiger partial charge in [-0.1, -0.05) is 51.1 Å². The zero-order valence-corrected chi connectivity index (χ0v) is 23.4. The highest BCUT2D eigenvalue weighted by molar-refractivity contribution is 9.10. The first-order valence-corrected chi connectivity index (χ1v) is 13.4. The van der Waals surface area contributed by atoms with E-state index in [-0.39, 0.29) is 16.7 Å². The molecule has 3 aromatic heterocycles. The van der Waals surface area contributed by atoms with Crippen molar-refractivity contribution in [3.8, 4) is 28.4 Å². The van der Waals surface area contributed by atoms with Gasteiger partial charge in [0.15, 0.2) is 0 Å². The van der Waals surface area contributed by atoms with Crippen LogP contribution in [0.4, 0.5) is 0 Å².